The molecule has 1 aliphatic carbocycles. The van der Waals surface area contributed by atoms with Gasteiger partial charge in [0.05, 0.1) is 31.6 Å². The average molecular weight is 493 g/mol. The van der Waals surface area contributed by atoms with Gasteiger partial charge in [-0.05, 0) is 85.2 Å². The molecule has 0 fully saturated rings. The lowest BCUT2D eigenvalue weighted by atomic mass is 9.87. The highest BCUT2D eigenvalue weighted by molar-refractivity contribution is 7.92. The molecule has 0 saturated heterocycles. The molecule has 0 aliphatic heterocycles. The lowest BCUT2D eigenvalue weighted by molar-refractivity contribution is 0.0932. The molecule has 6 nitrogen and oxygen atoms in total. The third kappa shape index (κ3) is 5.51. The lowest BCUT2D eigenvalue weighted by Gasteiger charge is -2.27. The van der Waals surface area contributed by atoms with E-state index in [2.05, 4.69) is 5.32 Å². The van der Waals surface area contributed by atoms with Crippen LogP contribution in [0.25, 0.3) is 0 Å². The second-order valence-corrected chi connectivity index (χ2v) is 11.1. The van der Waals surface area contributed by atoms with Crippen LogP contribution in [0.2, 0.25) is 0 Å². The highest BCUT2D eigenvalue weighted by Gasteiger charge is 2.24. The number of carbonyl (C=O) groups excluding carboxylic acids is 1. The minimum absolute atomic E-state index is 0.0402. The Morgan fingerprint density at radius 3 is 2.37 bits per heavy atom. The Bertz CT molecular complexity index is 1310. The summed E-state index contributed by atoms with van der Waals surface area (Å²) in [7, 11) is -1.84. The van der Waals surface area contributed by atoms with Crippen molar-refractivity contribution in [3.05, 3.63) is 94.0 Å². The first-order valence-electron chi connectivity index (χ1n) is 11.8. The highest BCUT2D eigenvalue weighted by atomic mass is 32.2. The smallest absolute Gasteiger partial charge is 0.251 e. The summed E-state index contributed by atoms with van der Waals surface area (Å²) in [5, 5.41) is 3.17. The van der Waals surface area contributed by atoms with Crippen molar-refractivity contribution in [2.75, 3.05) is 17.7 Å². The maximum Gasteiger partial charge on any atom is 0.251 e. The van der Waals surface area contributed by atoms with Crippen molar-refractivity contribution in [1.82, 2.24) is 5.32 Å². The summed E-state index contributed by atoms with van der Waals surface area (Å²) < 4.78 is 32.0. The van der Waals surface area contributed by atoms with E-state index in [0.717, 1.165) is 47.3 Å². The van der Waals surface area contributed by atoms with Crippen LogP contribution in [0, 0.1) is 13.8 Å². The van der Waals surface area contributed by atoms with Gasteiger partial charge in [0.25, 0.3) is 5.91 Å². The summed E-state index contributed by atoms with van der Waals surface area (Å²) >= 11 is 0. The molecule has 0 radical (unpaired) electrons. The number of benzene rings is 3. The van der Waals surface area contributed by atoms with Crippen LogP contribution < -0.4 is 14.4 Å². The number of carbonyl (C=O) groups is 1. The Balaban J connectivity index is 1.51. The van der Waals surface area contributed by atoms with E-state index in [9.17, 15) is 13.2 Å². The van der Waals surface area contributed by atoms with Crippen LogP contribution in [-0.2, 0) is 23.0 Å². The number of nitrogens with one attached hydrogen (secondary N) is 1. The van der Waals surface area contributed by atoms with E-state index in [-0.39, 0.29) is 18.5 Å². The minimum Gasteiger partial charge on any atom is -0.497 e. The number of nitrogens with zero attached hydrogens (tertiary/aromatic N) is 1. The maximum absolute atomic E-state index is 13.0. The summed E-state index contributed by atoms with van der Waals surface area (Å²) in [5.41, 5.74) is 6.21. The zero-order chi connectivity index (χ0) is 25.2. The summed E-state index contributed by atoms with van der Waals surface area (Å²) in [6.07, 6.45) is 4.09. The molecule has 7 heteroatoms. The number of hydrogen-bond donors (Lipinski definition) is 1. The first-order valence-corrected chi connectivity index (χ1v) is 13.6. The first-order chi connectivity index (χ1) is 16.7. The fourth-order valence-corrected chi connectivity index (χ4v) is 5.80. The average Bonchev–Trinajstić information content (AvgIpc) is 2.83. The van der Waals surface area contributed by atoms with Gasteiger partial charge in [-0.2, -0.15) is 0 Å². The predicted octanol–water partition coefficient (Wildman–Crippen LogP) is 5.09. The second kappa shape index (κ2) is 10.1. The van der Waals surface area contributed by atoms with Crippen LogP contribution in [0.3, 0.4) is 0 Å². The van der Waals surface area contributed by atoms with Crippen molar-refractivity contribution in [3.63, 3.8) is 0 Å². The van der Waals surface area contributed by atoms with Crippen LogP contribution in [-0.4, -0.2) is 27.7 Å². The van der Waals surface area contributed by atoms with Crippen LogP contribution in [0.4, 0.5) is 5.69 Å². The molecular formula is C28H32N2O4S. The van der Waals surface area contributed by atoms with Crippen molar-refractivity contribution in [3.8, 4) is 5.75 Å². The largest absolute Gasteiger partial charge is 0.497 e. The molecule has 1 amide bonds. The molecule has 0 heterocycles. The van der Waals surface area contributed by atoms with E-state index in [1.165, 1.54) is 16.1 Å². The monoisotopic (exact) mass is 492 g/mol. The Hall–Kier alpha value is -3.32. The molecule has 0 bridgehead atoms. The van der Waals surface area contributed by atoms with Crippen LogP contribution in [0.15, 0.2) is 60.7 Å². The van der Waals surface area contributed by atoms with Gasteiger partial charge >= 0.3 is 0 Å². The van der Waals surface area contributed by atoms with Gasteiger partial charge in [0.15, 0.2) is 0 Å². The van der Waals surface area contributed by atoms with Gasteiger partial charge < -0.3 is 10.1 Å². The van der Waals surface area contributed by atoms with Crippen molar-refractivity contribution in [1.29, 1.82) is 0 Å². The van der Waals surface area contributed by atoms with Crippen LogP contribution in [0.1, 0.15) is 57.1 Å². The molecule has 0 aromatic heterocycles. The Labute approximate surface area is 208 Å². The third-order valence-corrected chi connectivity index (χ3v) is 7.71. The number of sulfonamides is 1. The van der Waals surface area contributed by atoms with E-state index in [4.69, 9.17) is 4.74 Å². The van der Waals surface area contributed by atoms with Crippen molar-refractivity contribution in [2.24, 2.45) is 0 Å². The van der Waals surface area contributed by atoms with E-state index < -0.39 is 10.0 Å². The lowest BCUT2D eigenvalue weighted by Crippen LogP contribution is -2.31. The Morgan fingerprint density at radius 2 is 1.74 bits per heavy atom. The number of methoxy groups -OCH3 is 1. The van der Waals surface area contributed by atoms with Gasteiger partial charge in [-0.3, -0.25) is 9.10 Å². The number of rotatable bonds is 7. The molecule has 4 rings (SSSR count). The van der Waals surface area contributed by atoms with E-state index in [0.29, 0.717) is 11.3 Å². The molecule has 3 aromatic carbocycles. The minimum atomic E-state index is -3.50. The topological polar surface area (TPSA) is 75.7 Å². The standard InChI is InChI=1S/C28H32N2O4S/c1-19-7-5-8-20(2)27(19)30(35(4,32)33)18-21-11-13-22(14-12-21)28(31)29-26-10-6-9-23-17-24(34-3)15-16-25(23)26/h5,7-8,11-17,26H,6,9-10,18H2,1-4H3,(H,29,31)/t26-/m0/s1. The third-order valence-electron chi connectivity index (χ3n) is 6.60. The molecule has 0 saturated carbocycles. The van der Waals surface area contributed by atoms with Crippen LogP contribution >= 0.6 is 0 Å². The molecule has 3 aromatic rings. The zero-order valence-corrected chi connectivity index (χ0v) is 21.5. The Kier molecular flexibility index (Phi) is 7.17. The normalized spacial score (nSPS) is 15.3. The number of anilines is 1. The summed E-state index contributed by atoms with van der Waals surface area (Å²) in [5.74, 6) is 0.690. The van der Waals surface area contributed by atoms with Gasteiger partial charge in [0, 0.05) is 5.56 Å². The number of hydrogen-bond acceptors (Lipinski definition) is 4. The van der Waals surface area contributed by atoms with E-state index in [1.807, 2.05) is 62.4 Å². The molecule has 1 atom stereocenters. The highest BCUT2D eigenvalue weighted by Crippen LogP contribution is 2.32. The van der Waals surface area contributed by atoms with Crippen LogP contribution in [0.5, 0.6) is 5.75 Å². The summed E-state index contributed by atoms with van der Waals surface area (Å²) in [4.78, 5) is 13.0. The van der Waals surface area contributed by atoms with E-state index in [1.54, 1.807) is 19.2 Å². The van der Waals surface area contributed by atoms with Gasteiger partial charge in [0.2, 0.25) is 10.0 Å². The van der Waals surface area contributed by atoms with Gasteiger partial charge in [0.1, 0.15) is 5.75 Å². The van der Waals surface area contributed by atoms with Crippen molar-refractivity contribution in [2.45, 2.75) is 45.7 Å². The first kappa shape index (κ1) is 24.8. The molecule has 1 N–H and O–H groups in total. The zero-order valence-electron chi connectivity index (χ0n) is 20.7. The molecule has 0 unspecified atom stereocenters. The fourth-order valence-electron chi connectivity index (χ4n) is 4.80. The predicted molar refractivity (Wildman–Crippen MR) is 140 cm³/mol. The Morgan fingerprint density at radius 1 is 1.06 bits per heavy atom. The molecule has 1 aliphatic rings. The quantitative estimate of drug-likeness (QED) is 0.499. The van der Waals surface area contributed by atoms with Crippen molar-refractivity contribution >= 4 is 21.6 Å². The number of para-hydroxylation sites is 1. The number of ether oxygens (including phenoxy) is 1. The molecule has 184 valence electrons. The van der Waals surface area contributed by atoms with Crippen molar-refractivity contribution < 1.29 is 17.9 Å². The summed E-state index contributed by atoms with van der Waals surface area (Å²) in [6.45, 7) is 4.02. The maximum atomic E-state index is 13.0. The van der Waals surface area contributed by atoms with Gasteiger partial charge in [-0.1, -0.05) is 36.4 Å². The fraction of sp³-hybridized carbons (Fsp3) is 0.321. The number of amides is 1. The molecular weight excluding hydrogens is 460 g/mol. The number of aryl methyl sites for hydroxylation is 3. The van der Waals surface area contributed by atoms with Gasteiger partial charge in [-0.15, -0.1) is 0 Å². The SMILES string of the molecule is COc1ccc2c(c1)CCC[C@@H]2NC(=O)c1ccc(CN(c2c(C)cccc2C)S(C)(=O)=O)cc1. The number of fused-ring (bicyclic) bond motifs is 1. The molecule has 0 spiro atoms. The molecule has 35 heavy (non-hydrogen) atoms. The second-order valence-electron chi connectivity index (χ2n) is 9.19. The van der Waals surface area contributed by atoms with E-state index >= 15 is 0 Å². The van der Waals surface area contributed by atoms with Gasteiger partial charge in [-0.25, -0.2) is 8.42 Å². The summed E-state index contributed by atoms with van der Waals surface area (Å²) in [6, 6.07) is 18.9.